The molecule has 0 unspecified atom stereocenters. The Labute approximate surface area is 99.6 Å². The van der Waals surface area contributed by atoms with Gasteiger partial charge in [-0.25, -0.2) is 0 Å². The molecule has 16 heavy (non-hydrogen) atoms. The molecular weight excluding hydrogens is 224 g/mol. The van der Waals surface area contributed by atoms with Crippen LogP contribution in [0.1, 0.15) is 19.8 Å². The van der Waals surface area contributed by atoms with Crippen molar-refractivity contribution in [3.63, 3.8) is 0 Å². The van der Waals surface area contributed by atoms with Gasteiger partial charge in [-0.3, -0.25) is 10.1 Å². The van der Waals surface area contributed by atoms with Crippen molar-refractivity contribution < 1.29 is 4.92 Å². The van der Waals surface area contributed by atoms with E-state index in [1.807, 2.05) is 6.07 Å². The monoisotopic (exact) mass is 240 g/mol. The van der Waals surface area contributed by atoms with Gasteiger partial charge in [0.1, 0.15) is 0 Å². The third-order valence-corrected chi connectivity index (χ3v) is 3.22. The summed E-state index contributed by atoms with van der Waals surface area (Å²) in [6, 6.07) is 5.11. The van der Waals surface area contributed by atoms with E-state index in [4.69, 9.17) is 0 Å². The normalized spacial score (nSPS) is 10.1. The predicted molar refractivity (Wildman–Crippen MR) is 68.3 cm³/mol. The van der Waals surface area contributed by atoms with Crippen LogP contribution >= 0.6 is 11.8 Å². The van der Waals surface area contributed by atoms with Gasteiger partial charge in [0.25, 0.3) is 5.69 Å². The van der Waals surface area contributed by atoms with E-state index < -0.39 is 0 Å². The van der Waals surface area contributed by atoms with Crippen molar-refractivity contribution in [2.24, 2.45) is 0 Å². The third kappa shape index (κ3) is 3.73. The van der Waals surface area contributed by atoms with Gasteiger partial charge in [0.2, 0.25) is 0 Å². The van der Waals surface area contributed by atoms with Crippen molar-refractivity contribution in [2.75, 3.05) is 18.1 Å². The molecule has 1 N–H and O–H groups in total. The maximum Gasteiger partial charge on any atom is 0.272 e. The molecule has 4 nitrogen and oxygen atoms in total. The molecule has 0 bridgehead atoms. The highest BCUT2D eigenvalue weighted by atomic mass is 32.2. The van der Waals surface area contributed by atoms with Crippen molar-refractivity contribution >= 4 is 23.1 Å². The van der Waals surface area contributed by atoms with Gasteiger partial charge in [0.15, 0.2) is 0 Å². The predicted octanol–water partition coefficient (Wildman–Crippen LogP) is 3.53. The number of nitrogens with one attached hydrogen (secondary N) is 1. The number of unbranched alkanes of at least 4 members (excludes halogenated alkanes) is 1. The Kier molecular flexibility index (Phi) is 5.11. The van der Waals surface area contributed by atoms with Gasteiger partial charge in [0.05, 0.1) is 4.92 Å². The SMILES string of the molecule is CCCCSc1cc(NC)cc([N+](=O)[O-])c1. The maximum atomic E-state index is 10.7. The number of benzene rings is 1. The summed E-state index contributed by atoms with van der Waals surface area (Å²) in [6.45, 7) is 2.13. The molecule has 88 valence electrons. The average Bonchev–Trinajstić information content (AvgIpc) is 2.29. The lowest BCUT2D eigenvalue weighted by atomic mass is 10.3. The lowest BCUT2D eigenvalue weighted by Gasteiger charge is -2.04. The molecule has 0 saturated carbocycles. The Morgan fingerprint density at radius 2 is 2.19 bits per heavy atom. The van der Waals surface area contributed by atoms with E-state index in [-0.39, 0.29) is 10.6 Å². The molecule has 1 aromatic rings. The van der Waals surface area contributed by atoms with Crippen molar-refractivity contribution in [3.8, 4) is 0 Å². The first-order valence-electron chi connectivity index (χ1n) is 5.27. The Morgan fingerprint density at radius 3 is 2.75 bits per heavy atom. The van der Waals surface area contributed by atoms with Gasteiger partial charge >= 0.3 is 0 Å². The second-order valence-corrected chi connectivity index (χ2v) is 4.59. The lowest BCUT2D eigenvalue weighted by Crippen LogP contribution is -1.93. The molecule has 0 aliphatic carbocycles. The number of hydrogen-bond donors (Lipinski definition) is 1. The number of anilines is 1. The fourth-order valence-electron chi connectivity index (χ4n) is 1.25. The maximum absolute atomic E-state index is 10.7. The van der Waals surface area contributed by atoms with Crippen LogP contribution in [0.15, 0.2) is 23.1 Å². The zero-order valence-corrected chi connectivity index (χ0v) is 10.3. The topological polar surface area (TPSA) is 55.2 Å². The highest BCUT2D eigenvalue weighted by Crippen LogP contribution is 2.28. The fourth-order valence-corrected chi connectivity index (χ4v) is 2.33. The summed E-state index contributed by atoms with van der Waals surface area (Å²) in [5.74, 6) is 1.00. The smallest absolute Gasteiger partial charge is 0.272 e. The third-order valence-electron chi connectivity index (χ3n) is 2.16. The molecule has 1 rings (SSSR count). The number of nitrogens with zero attached hydrogens (tertiary/aromatic N) is 1. The van der Waals surface area contributed by atoms with Crippen LogP contribution in [0.25, 0.3) is 0 Å². The van der Waals surface area contributed by atoms with E-state index in [0.717, 1.165) is 29.2 Å². The first kappa shape index (κ1) is 12.8. The Balaban J connectivity index is 2.82. The summed E-state index contributed by atoms with van der Waals surface area (Å²) in [5, 5.41) is 13.7. The minimum absolute atomic E-state index is 0.144. The summed E-state index contributed by atoms with van der Waals surface area (Å²) in [5.41, 5.74) is 0.930. The van der Waals surface area contributed by atoms with E-state index in [1.54, 1.807) is 30.9 Å². The highest BCUT2D eigenvalue weighted by Gasteiger charge is 2.09. The second-order valence-electron chi connectivity index (χ2n) is 3.42. The van der Waals surface area contributed by atoms with Gasteiger partial charge in [0, 0.05) is 29.8 Å². The van der Waals surface area contributed by atoms with Crippen LogP contribution in [0, 0.1) is 10.1 Å². The molecule has 0 saturated heterocycles. The number of thioether (sulfide) groups is 1. The quantitative estimate of drug-likeness (QED) is 0.358. The van der Waals surface area contributed by atoms with E-state index >= 15 is 0 Å². The fraction of sp³-hybridized carbons (Fsp3) is 0.455. The van der Waals surface area contributed by atoms with Crippen molar-refractivity contribution in [3.05, 3.63) is 28.3 Å². The highest BCUT2D eigenvalue weighted by molar-refractivity contribution is 7.99. The van der Waals surface area contributed by atoms with Gasteiger partial charge in [-0.15, -0.1) is 11.8 Å². The largest absolute Gasteiger partial charge is 0.388 e. The van der Waals surface area contributed by atoms with E-state index in [1.165, 1.54) is 0 Å². The molecule has 0 aromatic heterocycles. The number of non-ortho nitro benzene ring substituents is 1. The average molecular weight is 240 g/mol. The number of nitro groups is 1. The molecule has 0 fully saturated rings. The number of rotatable bonds is 6. The van der Waals surface area contributed by atoms with Crippen LogP contribution in [-0.4, -0.2) is 17.7 Å². The lowest BCUT2D eigenvalue weighted by molar-refractivity contribution is -0.385. The van der Waals surface area contributed by atoms with Crippen molar-refractivity contribution in [1.29, 1.82) is 0 Å². The summed E-state index contributed by atoms with van der Waals surface area (Å²) >= 11 is 1.66. The Morgan fingerprint density at radius 1 is 1.44 bits per heavy atom. The Hall–Kier alpha value is -1.23. The standard InChI is InChI=1S/C11H16N2O2S/c1-3-4-5-16-11-7-9(12-2)6-10(8-11)13(14)15/h6-8,12H,3-5H2,1-2H3. The first-order chi connectivity index (χ1) is 7.67. The van der Waals surface area contributed by atoms with Gasteiger partial charge in [-0.1, -0.05) is 13.3 Å². The van der Waals surface area contributed by atoms with E-state index in [0.29, 0.717) is 0 Å². The molecule has 0 spiro atoms. The van der Waals surface area contributed by atoms with E-state index in [9.17, 15) is 10.1 Å². The molecule has 0 atom stereocenters. The van der Waals surface area contributed by atoms with E-state index in [2.05, 4.69) is 12.2 Å². The van der Waals surface area contributed by atoms with Crippen LogP contribution in [0.2, 0.25) is 0 Å². The van der Waals surface area contributed by atoms with Crippen molar-refractivity contribution in [2.45, 2.75) is 24.7 Å². The Bertz CT molecular complexity index is 369. The second kappa shape index (κ2) is 6.37. The summed E-state index contributed by atoms with van der Waals surface area (Å²) in [7, 11) is 1.76. The van der Waals surface area contributed by atoms with Gasteiger partial charge < -0.3 is 5.32 Å². The summed E-state index contributed by atoms with van der Waals surface area (Å²) in [6.07, 6.45) is 2.27. The van der Waals surface area contributed by atoms with Crippen LogP contribution < -0.4 is 5.32 Å². The summed E-state index contributed by atoms with van der Waals surface area (Å²) < 4.78 is 0. The van der Waals surface area contributed by atoms with Gasteiger partial charge in [-0.05, 0) is 18.2 Å². The first-order valence-corrected chi connectivity index (χ1v) is 6.26. The summed E-state index contributed by atoms with van der Waals surface area (Å²) in [4.78, 5) is 11.3. The molecule has 0 heterocycles. The number of hydrogen-bond acceptors (Lipinski definition) is 4. The molecule has 1 aromatic carbocycles. The molecule has 0 aliphatic rings. The van der Waals surface area contributed by atoms with Crippen LogP contribution in [0.5, 0.6) is 0 Å². The van der Waals surface area contributed by atoms with Gasteiger partial charge in [-0.2, -0.15) is 0 Å². The zero-order chi connectivity index (χ0) is 12.0. The molecular formula is C11H16N2O2S. The van der Waals surface area contributed by atoms with Crippen LogP contribution in [-0.2, 0) is 0 Å². The number of nitro benzene ring substituents is 1. The minimum Gasteiger partial charge on any atom is -0.388 e. The van der Waals surface area contributed by atoms with Crippen LogP contribution in [0.4, 0.5) is 11.4 Å². The van der Waals surface area contributed by atoms with Crippen molar-refractivity contribution in [1.82, 2.24) is 0 Å². The zero-order valence-electron chi connectivity index (χ0n) is 9.53. The molecule has 0 radical (unpaired) electrons. The molecule has 0 aliphatic heterocycles. The molecule has 5 heteroatoms. The minimum atomic E-state index is -0.356. The van der Waals surface area contributed by atoms with Crippen LogP contribution in [0.3, 0.4) is 0 Å². The molecule has 0 amide bonds.